The van der Waals surface area contributed by atoms with Crippen molar-refractivity contribution in [3.63, 3.8) is 0 Å². The monoisotopic (exact) mass is 496 g/mol. The molecular formula is C22H26BrClN2O4. The number of hydrogen-bond donors (Lipinski definition) is 1. The van der Waals surface area contributed by atoms with E-state index >= 15 is 0 Å². The van der Waals surface area contributed by atoms with Crippen molar-refractivity contribution in [2.45, 2.75) is 39.4 Å². The summed E-state index contributed by atoms with van der Waals surface area (Å²) in [7, 11) is 1.58. The van der Waals surface area contributed by atoms with E-state index in [1.807, 2.05) is 38.1 Å². The Morgan fingerprint density at radius 3 is 2.53 bits per heavy atom. The molecule has 0 spiro atoms. The first-order valence-corrected chi connectivity index (χ1v) is 10.7. The van der Waals surface area contributed by atoms with Gasteiger partial charge in [-0.15, -0.1) is 0 Å². The molecule has 0 aliphatic heterocycles. The Hall–Kier alpha value is -2.25. The lowest BCUT2D eigenvalue weighted by atomic mass is 10.1. The summed E-state index contributed by atoms with van der Waals surface area (Å²) in [5.74, 6) is 0.511. The van der Waals surface area contributed by atoms with E-state index in [4.69, 9.17) is 21.1 Å². The lowest BCUT2D eigenvalue weighted by Gasteiger charge is -2.29. The number of carbonyl (C=O) groups excluding carboxylic acids is 2. The number of benzene rings is 2. The maximum absolute atomic E-state index is 13.0. The number of nitrogens with zero attached hydrogens (tertiary/aromatic N) is 1. The second kappa shape index (κ2) is 11.2. The summed E-state index contributed by atoms with van der Waals surface area (Å²) in [6, 6.07) is 11.8. The van der Waals surface area contributed by atoms with E-state index in [0.29, 0.717) is 16.5 Å². The third-order valence-electron chi connectivity index (χ3n) is 4.33. The van der Waals surface area contributed by atoms with Crippen LogP contribution in [-0.4, -0.2) is 42.5 Å². The van der Waals surface area contributed by atoms with Gasteiger partial charge in [0.15, 0.2) is 6.61 Å². The zero-order valence-electron chi connectivity index (χ0n) is 17.4. The highest BCUT2D eigenvalue weighted by molar-refractivity contribution is 9.10. The molecule has 8 heteroatoms. The molecule has 0 aliphatic rings. The summed E-state index contributed by atoms with van der Waals surface area (Å²) in [5.41, 5.74) is 0.841. The van der Waals surface area contributed by atoms with E-state index in [2.05, 4.69) is 21.2 Å². The Labute approximate surface area is 190 Å². The van der Waals surface area contributed by atoms with Gasteiger partial charge in [0.25, 0.3) is 5.91 Å². The van der Waals surface area contributed by atoms with Crippen molar-refractivity contribution in [1.29, 1.82) is 0 Å². The summed E-state index contributed by atoms with van der Waals surface area (Å²) in [5, 5.41) is 3.24. The van der Waals surface area contributed by atoms with E-state index in [1.54, 1.807) is 32.2 Å². The Morgan fingerprint density at radius 1 is 1.17 bits per heavy atom. The van der Waals surface area contributed by atoms with Crippen molar-refractivity contribution >= 4 is 39.3 Å². The zero-order valence-corrected chi connectivity index (χ0v) is 19.8. The highest BCUT2D eigenvalue weighted by Gasteiger charge is 2.27. The Bertz CT molecular complexity index is 891. The number of amides is 2. The fraction of sp³-hybridized carbons (Fsp3) is 0.364. The predicted molar refractivity (Wildman–Crippen MR) is 121 cm³/mol. The first kappa shape index (κ1) is 24.0. The van der Waals surface area contributed by atoms with E-state index in [0.717, 1.165) is 10.0 Å². The molecule has 0 aromatic heterocycles. The minimum absolute atomic E-state index is 0.0356. The summed E-state index contributed by atoms with van der Waals surface area (Å²) in [6.45, 7) is 5.43. The van der Waals surface area contributed by atoms with Crippen molar-refractivity contribution in [2.24, 2.45) is 0 Å². The second-order valence-electron chi connectivity index (χ2n) is 7.08. The molecular weight excluding hydrogens is 472 g/mol. The Balaban J connectivity index is 2.19. The van der Waals surface area contributed by atoms with Crippen molar-refractivity contribution in [2.75, 3.05) is 13.7 Å². The first-order chi connectivity index (χ1) is 14.2. The van der Waals surface area contributed by atoms with Crippen LogP contribution in [0.25, 0.3) is 0 Å². The van der Waals surface area contributed by atoms with Crippen LogP contribution in [0.1, 0.15) is 26.3 Å². The third-order valence-corrected chi connectivity index (χ3v) is 5.12. The molecule has 0 fully saturated rings. The maximum atomic E-state index is 13.0. The van der Waals surface area contributed by atoms with Gasteiger partial charge in [-0.1, -0.05) is 39.7 Å². The molecule has 6 nitrogen and oxygen atoms in total. The number of nitrogens with one attached hydrogen (secondary N) is 1. The second-order valence-corrected chi connectivity index (χ2v) is 8.40. The van der Waals surface area contributed by atoms with Crippen LogP contribution in [0.5, 0.6) is 11.5 Å². The summed E-state index contributed by atoms with van der Waals surface area (Å²) < 4.78 is 11.7. The number of methoxy groups -OCH3 is 1. The minimum Gasteiger partial charge on any atom is -0.497 e. The topological polar surface area (TPSA) is 67.9 Å². The molecule has 0 radical (unpaired) electrons. The minimum atomic E-state index is -0.685. The summed E-state index contributed by atoms with van der Waals surface area (Å²) in [6.07, 6.45) is 0. The quantitative estimate of drug-likeness (QED) is 0.556. The standard InChI is InChI=1S/C22H26BrClN2O4/c1-14(2)25-22(28)15(3)26(12-16-6-5-7-18(10-16)29-4)21(27)13-30-20-9-8-17(23)11-19(20)24/h5-11,14-15H,12-13H2,1-4H3,(H,25,28)/t15-/m1/s1. The first-order valence-electron chi connectivity index (χ1n) is 9.52. The highest BCUT2D eigenvalue weighted by atomic mass is 79.9. The lowest BCUT2D eigenvalue weighted by Crippen LogP contribution is -2.50. The number of carbonyl (C=O) groups is 2. The fourth-order valence-electron chi connectivity index (χ4n) is 2.77. The molecule has 2 amide bonds. The molecule has 2 aromatic rings. The van der Waals surface area contributed by atoms with Crippen molar-refractivity contribution in [3.05, 3.63) is 57.5 Å². The molecule has 0 unspecified atom stereocenters. The van der Waals surface area contributed by atoms with Crippen LogP contribution in [0.2, 0.25) is 5.02 Å². The molecule has 0 saturated heterocycles. The van der Waals surface area contributed by atoms with E-state index < -0.39 is 6.04 Å². The molecule has 2 rings (SSSR count). The number of hydrogen-bond acceptors (Lipinski definition) is 4. The van der Waals surface area contributed by atoms with E-state index in [-0.39, 0.29) is 31.0 Å². The molecule has 30 heavy (non-hydrogen) atoms. The predicted octanol–water partition coefficient (Wildman–Crippen LogP) is 4.43. The molecule has 162 valence electrons. The Kier molecular flexibility index (Phi) is 8.99. The fourth-order valence-corrected chi connectivity index (χ4v) is 3.50. The van der Waals surface area contributed by atoms with Crippen molar-refractivity contribution in [1.82, 2.24) is 10.2 Å². The molecule has 2 aromatic carbocycles. The SMILES string of the molecule is COc1cccc(CN(C(=O)COc2ccc(Br)cc2Cl)[C@H](C)C(=O)NC(C)C)c1. The molecule has 1 N–H and O–H groups in total. The zero-order chi connectivity index (χ0) is 22.3. The van der Waals surface area contributed by atoms with Gasteiger partial charge in [0.1, 0.15) is 17.5 Å². The van der Waals surface area contributed by atoms with Gasteiger partial charge in [0.05, 0.1) is 12.1 Å². The van der Waals surface area contributed by atoms with Crippen LogP contribution in [0, 0.1) is 0 Å². The van der Waals surface area contributed by atoms with Gasteiger partial charge in [-0.2, -0.15) is 0 Å². The lowest BCUT2D eigenvalue weighted by molar-refractivity contribution is -0.142. The third kappa shape index (κ3) is 6.92. The van der Waals surface area contributed by atoms with Crippen LogP contribution in [0.4, 0.5) is 0 Å². The largest absolute Gasteiger partial charge is 0.497 e. The van der Waals surface area contributed by atoms with E-state index in [1.165, 1.54) is 4.90 Å². The Morgan fingerprint density at radius 2 is 1.90 bits per heavy atom. The van der Waals surface area contributed by atoms with Crippen LogP contribution < -0.4 is 14.8 Å². The smallest absolute Gasteiger partial charge is 0.261 e. The highest BCUT2D eigenvalue weighted by Crippen LogP contribution is 2.28. The summed E-state index contributed by atoms with van der Waals surface area (Å²) in [4.78, 5) is 27.1. The van der Waals surface area contributed by atoms with Crippen LogP contribution >= 0.6 is 27.5 Å². The van der Waals surface area contributed by atoms with Crippen LogP contribution in [0.15, 0.2) is 46.9 Å². The van der Waals surface area contributed by atoms with Gasteiger partial charge in [-0.05, 0) is 56.7 Å². The van der Waals surface area contributed by atoms with Gasteiger partial charge < -0.3 is 19.7 Å². The van der Waals surface area contributed by atoms with Gasteiger partial charge in [0.2, 0.25) is 5.91 Å². The van der Waals surface area contributed by atoms with Crippen molar-refractivity contribution < 1.29 is 19.1 Å². The van der Waals surface area contributed by atoms with Gasteiger partial charge in [-0.25, -0.2) is 0 Å². The average molecular weight is 498 g/mol. The van der Waals surface area contributed by atoms with Gasteiger partial charge >= 0.3 is 0 Å². The molecule has 0 saturated carbocycles. The molecule has 0 heterocycles. The molecule has 1 atom stereocenters. The molecule has 0 bridgehead atoms. The van der Waals surface area contributed by atoms with E-state index in [9.17, 15) is 9.59 Å². The van der Waals surface area contributed by atoms with Crippen LogP contribution in [0.3, 0.4) is 0 Å². The number of rotatable bonds is 9. The van der Waals surface area contributed by atoms with Gasteiger partial charge in [-0.3, -0.25) is 9.59 Å². The summed E-state index contributed by atoms with van der Waals surface area (Å²) >= 11 is 9.50. The molecule has 0 aliphatic carbocycles. The average Bonchev–Trinajstić information content (AvgIpc) is 2.70. The van der Waals surface area contributed by atoms with Crippen LogP contribution in [-0.2, 0) is 16.1 Å². The van der Waals surface area contributed by atoms with Crippen molar-refractivity contribution in [3.8, 4) is 11.5 Å². The number of ether oxygens (including phenoxy) is 2. The van der Waals surface area contributed by atoms with Gasteiger partial charge in [0, 0.05) is 17.1 Å². The maximum Gasteiger partial charge on any atom is 0.261 e. The number of halogens is 2. The normalized spacial score (nSPS) is 11.7.